The van der Waals surface area contributed by atoms with Crippen molar-refractivity contribution in [3.63, 3.8) is 0 Å². The Kier molecular flexibility index (Phi) is 5.84. The van der Waals surface area contributed by atoms with Crippen LogP contribution in [-0.2, 0) is 11.2 Å². The van der Waals surface area contributed by atoms with E-state index in [1.165, 1.54) is 0 Å². The lowest BCUT2D eigenvalue weighted by Crippen LogP contribution is -2.18. The van der Waals surface area contributed by atoms with Gasteiger partial charge in [0.25, 0.3) is 0 Å². The van der Waals surface area contributed by atoms with Crippen LogP contribution in [-0.4, -0.2) is 29.7 Å². The van der Waals surface area contributed by atoms with Crippen molar-refractivity contribution < 1.29 is 14.3 Å². The number of hydrogen-bond donors (Lipinski definition) is 1. The lowest BCUT2D eigenvalue weighted by Gasteiger charge is -2.13. The first-order chi connectivity index (χ1) is 14.0. The van der Waals surface area contributed by atoms with Gasteiger partial charge in [0, 0.05) is 11.9 Å². The highest BCUT2D eigenvalue weighted by atomic mass is 16.5. The van der Waals surface area contributed by atoms with Gasteiger partial charge in [0.1, 0.15) is 17.7 Å². The highest BCUT2D eigenvalue weighted by molar-refractivity contribution is 5.93. The minimum absolute atomic E-state index is 0.122. The Morgan fingerprint density at radius 3 is 2.55 bits per heavy atom. The first-order valence-corrected chi connectivity index (χ1v) is 9.04. The number of pyridine rings is 1. The van der Waals surface area contributed by atoms with Gasteiger partial charge in [-0.05, 0) is 49.2 Å². The van der Waals surface area contributed by atoms with Gasteiger partial charge >= 0.3 is 0 Å². The second-order valence-corrected chi connectivity index (χ2v) is 6.48. The van der Waals surface area contributed by atoms with Gasteiger partial charge < -0.3 is 14.8 Å². The second kappa shape index (κ2) is 8.48. The van der Waals surface area contributed by atoms with Crippen molar-refractivity contribution in [1.29, 1.82) is 5.26 Å². The molecule has 0 saturated heterocycles. The van der Waals surface area contributed by atoms with E-state index in [0.717, 1.165) is 16.8 Å². The summed E-state index contributed by atoms with van der Waals surface area (Å²) in [5.41, 5.74) is 2.85. The van der Waals surface area contributed by atoms with E-state index < -0.39 is 0 Å². The van der Waals surface area contributed by atoms with Crippen molar-refractivity contribution in [2.45, 2.75) is 20.3 Å². The van der Waals surface area contributed by atoms with Gasteiger partial charge in [0.05, 0.1) is 26.2 Å². The summed E-state index contributed by atoms with van der Waals surface area (Å²) < 4.78 is 12.3. The van der Waals surface area contributed by atoms with Crippen LogP contribution in [0.2, 0.25) is 0 Å². The van der Waals surface area contributed by atoms with Crippen LogP contribution in [0.5, 0.6) is 11.5 Å². The SMILES string of the molecule is COc1ccc(CC(=O)Nc2c(C#N)c(C)c(C)n2-c2ccccn2)cc1OC. The van der Waals surface area contributed by atoms with Gasteiger partial charge in [-0.2, -0.15) is 5.26 Å². The number of carbonyl (C=O) groups is 1. The molecule has 3 rings (SSSR count). The standard InChI is InChI=1S/C22H22N4O3/c1-14-15(2)26(20-7-5-6-10-24-20)22(17(14)13-23)25-21(27)12-16-8-9-18(28-3)19(11-16)29-4/h5-11H,12H2,1-4H3,(H,25,27). The third-order valence-electron chi connectivity index (χ3n) is 4.77. The average molecular weight is 390 g/mol. The first kappa shape index (κ1) is 20.0. The third-order valence-corrected chi connectivity index (χ3v) is 4.77. The molecule has 0 bridgehead atoms. The fourth-order valence-electron chi connectivity index (χ4n) is 3.19. The van der Waals surface area contributed by atoms with Crippen LogP contribution in [0.1, 0.15) is 22.4 Å². The lowest BCUT2D eigenvalue weighted by molar-refractivity contribution is -0.115. The Morgan fingerprint density at radius 1 is 1.17 bits per heavy atom. The zero-order chi connectivity index (χ0) is 21.0. The van der Waals surface area contributed by atoms with E-state index in [9.17, 15) is 10.1 Å². The molecule has 0 atom stereocenters. The Hall–Kier alpha value is -3.79. The van der Waals surface area contributed by atoms with Crippen molar-refractivity contribution >= 4 is 11.7 Å². The zero-order valence-electron chi connectivity index (χ0n) is 16.8. The summed E-state index contributed by atoms with van der Waals surface area (Å²) in [6.45, 7) is 3.76. The van der Waals surface area contributed by atoms with Crippen molar-refractivity contribution in [2.24, 2.45) is 0 Å². The Labute approximate surface area is 169 Å². The van der Waals surface area contributed by atoms with Crippen molar-refractivity contribution in [2.75, 3.05) is 19.5 Å². The molecule has 1 amide bonds. The molecule has 2 aromatic heterocycles. The summed E-state index contributed by atoms with van der Waals surface area (Å²) in [7, 11) is 3.11. The van der Waals surface area contributed by atoms with Gasteiger partial charge in [0.2, 0.25) is 5.91 Å². The maximum atomic E-state index is 12.8. The molecule has 0 spiro atoms. The number of amides is 1. The molecule has 3 aromatic rings. The topological polar surface area (TPSA) is 89.2 Å². The first-order valence-electron chi connectivity index (χ1n) is 9.04. The number of ether oxygens (including phenoxy) is 2. The highest BCUT2D eigenvalue weighted by Crippen LogP contribution is 2.30. The van der Waals surface area contributed by atoms with Crippen LogP contribution in [0.4, 0.5) is 5.82 Å². The quantitative estimate of drug-likeness (QED) is 0.695. The van der Waals surface area contributed by atoms with E-state index >= 15 is 0 Å². The van der Waals surface area contributed by atoms with E-state index in [-0.39, 0.29) is 12.3 Å². The summed E-state index contributed by atoms with van der Waals surface area (Å²) in [5, 5.41) is 12.5. The smallest absolute Gasteiger partial charge is 0.229 e. The summed E-state index contributed by atoms with van der Waals surface area (Å²) in [6, 6.07) is 13.0. The number of methoxy groups -OCH3 is 2. The van der Waals surface area contributed by atoms with Crippen LogP contribution in [0.25, 0.3) is 5.82 Å². The number of nitriles is 1. The van der Waals surface area contributed by atoms with E-state index in [0.29, 0.717) is 28.7 Å². The molecule has 0 radical (unpaired) electrons. The lowest BCUT2D eigenvalue weighted by atomic mass is 10.1. The van der Waals surface area contributed by atoms with Crippen LogP contribution in [0.15, 0.2) is 42.6 Å². The van der Waals surface area contributed by atoms with Gasteiger partial charge in [0.15, 0.2) is 11.5 Å². The molecule has 7 heteroatoms. The van der Waals surface area contributed by atoms with Crippen LogP contribution in [0.3, 0.4) is 0 Å². The monoisotopic (exact) mass is 390 g/mol. The Morgan fingerprint density at radius 2 is 1.93 bits per heavy atom. The molecular formula is C22H22N4O3. The van der Waals surface area contributed by atoms with E-state index in [4.69, 9.17) is 9.47 Å². The molecule has 0 saturated carbocycles. The number of hydrogen-bond acceptors (Lipinski definition) is 5. The van der Waals surface area contributed by atoms with E-state index in [2.05, 4.69) is 16.4 Å². The molecule has 1 aromatic carbocycles. The van der Waals surface area contributed by atoms with Crippen LogP contribution >= 0.6 is 0 Å². The summed E-state index contributed by atoms with van der Waals surface area (Å²) in [6.07, 6.45) is 1.79. The molecule has 0 aliphatic carbocycles. The second-order valence-electron chi connectivity index (χ2n) is 6.48. The third kappa shape index (κ3) is 3.92. The van der Waals surface area contributed by atoms with Gasteiger partial charge in [-0.1, -0.05) is 12.1 Å². The number of rotatable bonds is 6. The van der Waals surface area contributed by atoms with Crippen LogP contribution < -0.4 is 14.8 Å². The molecule has 0 fully saturated rings. The molecular weight excluding hydrogens is 368 g/mol. The predicted molar refractivity (Wildman–Crippen MR) is 110 cm³/mol. The van der Waals surface area contributed by atoms with Crippen molar-refractivity contribution in [1.82, 2.24) is 9.55 Å². The molecule has 0 aliphatic heterocycles. The maximum absolute atomic E-state index is 12.8. The van der Waals surface area contributed by atoms with Crippen molar-refractivity contribution in [3.05, 3.63) is 65.0 Å². The van der Waals surface area contributed by atoms with Crippen LogP contribution in [0, 0.1) is 25.2 Å². The number of aromatic nitrogens is 2. The zero-order valence-corrected chi connectivity index (χ0v) is 16.8. The summed E-state index contributed by atoms with van der Waals surface area (Å²) in [5.74, 6) is 1.96. The van der Waals surface area contributed by atoms with Gasteiger partial charge in [-0.3, -0.25) is 9.36 Å². The summed E-state index contributed by atoms with van der Waals surface area (Å²) >= 11 is 0. The molecule has 7 nitrogen and oxygen atoms in total. The molecule has 29 heavy (non-hydrogen) atoms. The predicted octanol–water partition coefficient (Wildman–Crippen LogP) is 3.56. The largest absolute Gasteiger partial charge is 0.493 e. The van der Waals surface area contributed by atoms with E-state index in [1.54, 1.807) is 43.2 Å². The maximum Gasteiger partial charge on any atom is 0.229 e. The minimum Gasteiger partial charge on any atom is -0.493 e. The molecule has 0 aliphatic rings. The Bertz CT molecular complexity index is 1080. The average Bonchev–Trinajstić information content (AvgIpc) is 2.97. The van der Waals surface area contributed by atoms with Crippen molar-refractivity contribution in [3.8, 4) is 23.4 Å². The molecule has 0 unspecified atom stereocenters. The fourth-order valence-corrected chi connectivity index (χ4v) is 3.19. The molecule has 1 N–H and O–H groups in total. The van der Waals surface area contributed by atoms with E-state index in [1.807, 2.05) is 32.0 Å². The molecule has 2 heterocycles. The number of benzene rings is 1. The normalized spacial score (nSPS) is 10.3. The number of nitrogens with one attached hydrogen (secondary N) is 1. The van der Waals surface area contributed by atoms with Gasteiger partial charge in [-0.15, -0.1) is 0 Å². The minimum atomic E-state index is -0.247. The number of nitrogens with zero attached hydrogens (tertiary/aromatic N) is 3. The fraction of sp³-hybridized carbons (Fsp3) is 0.227. The Balaban J connectivity index is 1.93. The number of carbonyl (C=O) groups excluding carboxylic acids is 1. The van der Waals surface area contributed by atoms with Gasteiger partial charge in [-0.25, -0.2) is 4.98 Å². The number of anilines is 1. The molecule has 148 valence electrons. The summed E-state index contributed by atoms with van der Waals surface area (Å²) in [4.78, 5) is 17.1. The highest BCUT2D eigenvalue weighted by Gasteiger charge is 2.21.